The van der Waals surface area contributed by atoms with Crippen LogP contribution in [-0.2, 0) is 20.9 Å². The van der Waals surface area contributed by atoms with Crippen molar-refractivity contribution < 1.29 is 24.2 Å². The molecule has 0 spiro atoms. The highest BCUT2D eigenvalue weighted by molar-refractivity contribution is 5.91. The van der Waals surface area contributed by atoms with Gasteiger partial charge in [0.15, 0.2) is 0 Å². The maximum Gasteiger partial charge on any atom is 0.407 e. The second-order valence-corrected chi connectivity index (χ2v) is 7.94. The molecule has 4 rings (SSSR count). The molecule has 2 amide bonds. The highest BCUT2D eigenvalue weighted by atomic mass is 16.5. The van der Waals surface area contributed by atoms with Gasteiger partial charge in [0.25, 0.3) is 0 Å². The number of nitrogens with one attached hydrogen (secondary N) is 2. The highest BCUT2D eigenvalue weighted by Crippen LogP contribution is 2.44. The van der Waals surface area contributed by atoms with E-state index in [-0.39, 0.29) is 31.4 Å². The Bertz CT molecular complexity index is 1140. The van der Waals surface area contributed by atoms with Gasteiger partial charge in [-0.3, -0.25) is 14.3 Å². The van der Waals surface area contributed by atoms with Gasteiger partial charge in [0.1, 0.15) is 13.2 Å². The van der Waals surface area contributed by atoms with Crippen molar-refractivity contribution >= 4 is 23.7 Å². The molecule has 3 N–H and O–H groups in total. The summed E-state index contributed by atoms with van der Waals surface area (Å²) in [6.07, 6.45) is 2.22. The van der Waals surface area contributed by atoms with E-state index < -0.39 is 18.1 Å². The number of fused-ring (bicyclic) bond motifs is 3. The first-order valence-corrected chi connectivity index (χ1v) is 10.6. The molecular weight excluding hydrogens is 424 g/mol. The molecule has 33 heavy (non-hydrogen) atoms. The van der Waals surface area contributed by atoms with Crippen LogP contribution in [0.1, 0.15) is 30.4 Å². The molecule has 1 aliphatic rings. The molecule has 170 valence electrons. The Morgan fingerprint density at radius 1 is 1.09 bits per heavy atom. The Morgan fingerprint density at radius 3 is 2.36 bits per heavy atom. The molecule has 1 aromatic heterocycles. The van der Waals surface area contributed by atoms with Crippen LogP contribution in [0.5, 0.6) is 0 Å². The van der Waals surface area contributed by atoms with Crippen LogP contribution in [0.25, 0.3) is 11.1 Å². The number of benzene rings is 2. The summed E-state index contributed by atoms with van der Waals surface area (Å²) in [5.74, 6) is -1.41. The van der Waals surface area contributed by atoms with Gasteiger partial charge in [-0.1, -0.05) is 48.5 Å². The van der Waals surface area contributed by atoms with E-state index in [0.717, 1.165) is 22.3 Å². The molecule has 0 saturated carbocycles. The SMILES string of the molecule is C[C@@H](CC(=O)Nc1cnn(CC(=O)O)c1)NC(=O)OCC1c2ccccc2-c2ccccc21. The van der Waals surface area contributed by atoms with Crippen LogP contribution in [0, 0.1) is 0 Å². The number of carbonyl (C=O) groups excluding carboxylic acids is 2. The lowest BCUT2D eigenvalue weighted by Gasteiger charge is -2.17. The van der Waals surface area contributed by atoms with E-state index >= 15 is 0 Å². The number of anilines is 1. The van der Waals surface area contributed by atoms with E-state index in [9.17, 15) is 14.4 Å². The van der Waals surface area contributed by atoms with Crippen LogP contribution in [0.4, 0.5) is 10.5 Å². The standard InChI is InChI=1S/C24H24N4O5/c1-15(10-22(29)27-16-11-25-28(12-16)13-23(30)31)26-24(32)33-14-21-19-8-4-2-6-17(19)18-7-3-5-9-20(18)21/h2-9,11-12,15,21H,10,13-14H2,1H3,(H,26,32)(H,27,29)(H,30,31)/t15-/m0/s1. The minimum absolute atomic E-state index is 0.0221. The fourth-order valence-electron chi connectivity index (χ4n) is 4.04. The highest BCUT2D eigenvalue weighted by Gasteiger charge is 2.29. The van der Waals surface area contributed by atoms with Crippen molar-refractivity contribution in [3.05, 3.63) is 72.1 Å². The Labute approximate surface area is 190 Å². The molecule has 9 nitrogen and oxygen atoms in total. The number of carboxylic acid groups (broad SMARTS) is 1. The molecule has 0 fully saturated rings. The minimum atomic E-state index is -1.03. The van der Waals surface area contributed by atoms with Gasteiger partial charge >= 0.3 is 12.1 Å². The second kappa shape index (κ2) is 9.56. The van der Waals surface area contributed by atoms with Gasteiger partial charge in [0.05, 0.1) is 11.9 Å². The van der Waals surface area contributed by atoms with Crippen molar-refractivity contribution in [1.29, 1.82) is 0 Å². The average molecular weight is 448 g/mol. The number of carbonyl (C=O) groups is 3. The quantitative estimate of drug-likeness (QED) is 0.486. The fraction of sp³-hybridized carbons (Fsp3) is 0.250. The summed E-state index contributed by atoms with van der Waals surface area (Å²) < 4.78 is 6.70. The van der Waals surface area contributed by atoms with Crippen LogP contribution in [-0.4, -0.2) is 45.5 Å². The normalized spacial score (nSPS) is 13.0. The third-order valence-electron chi connectivity index (χ3n) is 5.41. The van der Waals surface area contributed by atoms with Gasteiger partial charge in [-0.25, -0.2) is 4.79 Å². The van der Waals surface area contributed by atoms with Crippen LogP contribution >= 0.6 is 0 Å². The maximum atomic E-state index is 12.3. The Balaban J connectivity index is 1.27. The summed E-state index contributed by atoms with van der Waals surface area (Å²) in [4.78, 5) is 35.3. The lowest BCUT2D eigenvalue weighted by atomic mass is 9.98. The number of carboxylic acids is 1. The maximum absolute atomic E-state index is 12.3. The van der Waals surface area contributed by atoms with E-state index in [4.69, 9.17) is 9.84 Å². The van der Waals surface area contributed by atoms with Crippen molar-refractivity contribution in [2.45, 2.75) is 31.8 Å². The van der Waals surface area contributed by atoms with E-state index in [0.29, 0.717) is 5.69 Å². The Hall–Kier alpha value is -4.14. The molecular formula is C24H24N4O5. The summed E-state index contributed by atoms with van der Waals surface area (Å²) in [6, 6.07) is 15.7. The lowest BCUT2D eigenvalue weighted by Crippen LogP contribution is -2.36. The molecule has 0 saturated heterocycles. The van der Waals surface area contributed by atoms with Gasteiger partial charge in [0, 0.05) is 24.6 Å². The number of rotatable bonds is 8. The molecule has 1 aliphatic carbocycles. The topological polar surface area (TPSA) is 123 Å². The van der Waals surface area contributed by atoms with Crippen molar-refractivity contribution in [2.75, 3.05) is 11.9 Å². The third-order valence-corrected chi connectivity index (χ3v) is 5.41. The molecule has 2 aromatic carbocycles. The smallest absolute Gasteiger partial charge is 0.407 e. The summed E-state index contributed by atoms with van der Waals surface area (Å²) in [6.45, 7) is 1.60. The first kappa shape index (κ1) is 22.1. The monoisotopic (exact) mass is 448 g/mol. The third kappa shape index (κ3) is 5.20. The number of amides is 2. The lowest BCUT2D eigenvalue weighted by molar-refractivity contribution is -0.137. The van der Waals surface area contributed by atoms with Gasteiger partial charge in [-0.15, -0.1) is 0 Å². The van der Waals surface area contributed by atoms with Crippen molar-refractivity contribution in [3.8, 4) is 11.1 Å². The Morgan fingerprint density at radius 2 is 1.73 bits per heavy atom. The molecule has 0 aliphatic heterocycles. The van der Waals surface area contributed by atoms with E-state index in [1.54, 1.807) is 6.92 Å². The zero-order valence-electron chi connectivity index (χ0n) is 18.0. The van der Waals surface area contributed by atoms with Gasteiger partial charge < -0.3 is 20.5 Å². The fourth-order valence-corrected chi connectivity index (χ4v) is 4.04. The second-order valence-electron chi connectivity index (χ2n) is 7.94. The molecule has 9 heteroatoms. The summed E-state index contributed by atoms with van der Waals surface area (Å²) in [7, 11) is 0. The summed E-state index contributed by atoms with van der Waals surface area (Å²) in [5.41, 5.74) is 4.94. The van der Waals surface area contributed by atoms with Crippen molar-refractivity contribution in [2.24, 2.45) is 0 Å². The zero-order chi connectivity index (χ0) is 23.4. The van der Waals surface area contributed by atoms with Crippen molar-refractivity contribution in [3.63, 3.8) is 0 Å². The zero-order valence-corrected chi connectivity index (χ0v) is 18.0. The van der Waals surface area contributed by atoms with Crippen molar-refractivity contribution in [1.82, 2.24) is 15.1 Å². The van der Waals surface area contributed by atoms with Crippen LogP contribution in [0.3, 0.4) is 0 Å². The number of alkyl carbamates (subject to hydrolysis) is 1. The predicted octanol–water partition coefficient (Wildman–Crippen LogP) is 3.22. The average Bonchev–Trinajstić information content (AvgIpc) is 3.33. The molecule has 1 atom stereocenters. The van der Waals surface area contributed by atoms with Crippen LogP contribution in [0.15, 0.2) is 60.9 Å². The number of aliphatic carboxylic acids is 1. The Kier molecular flexibility index (Phi) is 6.39. The number of hydrogen-bond donors (Lipinski definition) is 3. The predicted molar refractivity (Wildman–Crippen MR) is 121 cm³/mol. The van der Waals surface area contributed by atoms with E-state index in [1.807, 2.05) is 36.4 Å². The number of ether oxygens (including phenoxy) is 1. The largest absolute Gasteiger partial charge is 0.480 e. The van der Waals surface area contributed by atoms with E-state index in [1.165, 1.54) is 17.1 Å². The van der Waals surface area contributed by atoms with Crippen LogP contribution < -0.4 is 10.6 Å². The van der Waals surface area contributed by atoms with Crippen LogP contribution in [0.2, 0.25) is 0 Å². The summed E-state index contributed by atoms with van der Waals surface area (Å²) >= 11 is 0. The first-order chi connectivity index (χ1) is 15.9. The molecule has 3 aromatic rings. The van der Waals surface area contributed by atoms with E-state index in [2.05, 4.69) is 27.9 Å². The minimum Gasteiger partial charge on any atom is -0.480 e. The molecule has 0 unspecified atom stereocenters. The number of nitrogens with zero attached hydrogens (tertiary/aromatic N) is 2. The molecule has 0 radical (unpaired) electrons. The summed E-state index contributed by atoms with van der Waals surface area (Å²) in [5, 5.41) is 17.9. The number of aromatic nitrogens is 2. The molecule has 0 bridgehead atoms. The van der Waals surface area contributed by atoms with Gasteiger partial charge in [-0.2, -0.15) is 5.10 Å². The molecule has 1 heterocycles. The number of hydrogen-bond acceptors (Lipinski definition) is 5. The first-order valence-electron chi connectivity index (χ1n) is 10.6. The van der Waals surface area contributed by atoms with Gasteiger partial charge in [-0.05, 0) is 29.2 Å². The van der Waals surface area contributed by atoms with Gasteiger partial charge in [0.2, 0.25) is 5.91 Å².